The summed E-state index contributed by atoms with van der Waals surface area (Å²) < 4.78 is 43.6. The fourth-order valence-corrected chi connectivity index (χ4v) is 5.62. The number of ether oxygens (including phenoxy) is 3. The highest BCUT2D eigenvalue weighted by Crippen LogP contribution is 2.57. The number of aromatic amines is 1. The molecule has 17 nitrogen and oxygen atoms in total. The zero-order valence-electron chi connectivity index (χ0n) is 19.2. The monoisotopic (exact) mass is 566 g/mol. The fourth-order valence-electron chi connectivity index (χ4n) is 4.25. The second-order valence-electron chi connectivity index (χ2n) is 8.24. The van der Waals surface area contributed by atoms with Gasteiger partial charge in [-0.3, -0.25) is 18.4 Å². The molecule has 0 amide bonds. The van der Waals surface area contributed by atoms with Crippen LogP contribution in [-0.4, -0.2) is 81.8 Å². The van der Waals surface area contributed by atoms with E-state index in [2.05, 4.69) is 42.2 Å². The Kier molecular flexibility index (Phi) is 6.37. The maximum atomic E-state index is 13.3. The first kappa shape index (κ1) is 24.9. The van der Waals surface area contributed by atoms with Crippen LogP contribution in [0.2, 0.25) is 0 Å². The van der Waals surface area contributed by atoms with Gasteiger partial charge in [0.25, 0.3) is 5.56 Å². The van der Waals surface area contributed by atoms with E-state index in [1.807, 2.05) is 0 Å². The van der Waals surface area contributed by atoms with E-state index in [4.69, 9.17) is 23.3 Å². The number of hydrogen-bond acceptors (Lipinski definition) is 14. The molecule has 19 heteroatoms. The van der Waals surface area contributed by atoms with Crippen molar-refractivity contribution < 1.29 is 37.7 Å². The molecular weight excluding hydrogens is 547 g/mol. The number of carbonyl (C=O) groups is 1. The molecule has 1 fully saturated rings. The Morgan fingerprint density at radius 3 is 2.92 bits per heavy atom. The van der Waals surface area contributed by atoms with Gasteiger partial charge in [0.05, 0.1) is 25.4 Å². The third kappa shape index (κ3) is 4.55. The van der Waals surface area contributed by atoms with Crippen molar-refractivity contribution >= 4 is 47.5 Å². The maximum Gasteiger partial charge on any atom is 0.508 e. The molecule has 2 aliphatic rings. The molecule has 0 aromatic carbocycles. The van der Waals surface area contributed by atoms with Crippen molar-refractivity contribution in [1.29, 1.82) is 0 Å². The van der Waals surface area contributed by atoms with Crippen LogP contribution in [0.1, 0.15) is 12.1 Å². The largest absolute Gasteiger partial charge is 0.508 e. The van der Waals surface area contributed by atoms with E-state index in [1.165, 1.54) is 29.7 Å². The van der Waals surface area contributed by atoms with E-state index in [0.717, 1.165) is 0 Å². The minimum Gasteiger partial charge on any atom is -0.432 e. The lowest BCUT2D eigenvalue weighted by atomic mass is 10.1. The summed E-state index contributed by atoms with van der Waals surface area (Å²) in [5, 5.41) is 11.0. The SMILES string of the molecule is O=C1OCCn2c(nc3cncnc32)COP(=O)(S)O[C@@H]2[C@H](O)[C@@H](CO1)O[C@H]2n1cnc2c(=O)[nH]cnc21. The third-order valence-corrected chi connectivity index (χ3v) is 7.55. The van der Waals surface area contributed by atoms with Crippen molar-refractivity contribution in [3.8, 4) is 0 Å². The van der Waals surface area contributed by atoms with E-state index >= 15 is 0 Å². The number of rotatable bonds is 1. The Morgan fingerprint density at radius 1 is 1.18 bits per heavy atom. The summed E-state index contributed by atoms with van der Waals surface area (Å²) in [7, 11) is 0. The summed E-state index contributed by atoms with van der Waals surface area (Å²) in [4.78, 5) is 47.4. The van der Waals surface area contributed by atoms with Crippen LogP contribution in [0.15, 0.2) is 30.0 Å². The second kappa shape index (κ2) is 9.72. The van der Waals surface area contributed by atoms with Crippen LogP contribution in [0.3, 0.4) is 0 Å². The maximum absolute atomic E-state index is 13.3. The van der Waals surface area contributed by atoms with E-state index < -0.39 is 49.7 Å². The van der Waals surface area contributed by atoms with Crippen LogP contribution in [0.5, 0.6) is 0 Å². The van der Waals surface area contributed by atoms with Crippen molar-refractivity contribution in [2.24, 2.45) is 0 Å². The average Bonchev–Trinajstić information content (AvgIpc) is 3.56. The Morgan fingerprint density at radius 2 is 2.05 bits per heavy atom. The van der Waals surface area contributed by atoms with E-state index in [1.54, 1.807) is 4.57 Å². The number of thiol groups is 1. The van der Waals surface area contributed by atoms with Gasteiger partial charge in [0.2, 0.25) is 0 Å². The molecule has 6 heterocycles. The van der Waals surface area contributed by atoms with Gasteiger partial charge in [-0.25, -0.2) is 34.3 Å². The highest BCUT2D eigenvalue weighted by molar-refractivity contribution is 8.44. The number of fused-ring (bicyclic) bond motifs is 6. The van der Waals surface area contributed by atoms with Crippen LogP contribution < -0.4 is 5.56 Å². The first-order valence-corrected chi connectivity index (χ1v) is 13.8. The number of cyclic esters (lactones) is 2. The van der Waals surface area contributed by atoms with Gasteiger partial charge in [-0.2, -0.15) is 0 Å². The Bertz CT molecular complexity index is 1620. The summed E-state index contributed by atoms with van der Waals surface area (Å²) in [6.07, 6.45) is -0.940. The smallest absolute Gasteiger partial charge is 0.432 e. The molecule has 5 atom stereocenters. The minimum absolute atomic E-state index is 0.00191. The molecule has 4 aromatic heterocycles. The van der Waals surface area contributed by atoms with E-state index in [9.17, 15) is 19.3 Å². The molecule has 0 radical (unpaired) electrons. The molecule has 0 spiro atoms. The number of hydrogen-bond donors (Lipinski definition) is 3. The quantitative estimate of drug-likeness (QED) is 0.161. The first-order valence-electron chi connectivity index (χ1n) is 11.1. The number of H-pyrrole nitrogens is 1. The number of aliphatic hydroxyl groups excluding tert-OH is 1. The first-order chi connectivity index (χ1) is 18.3. The molecular formula is C19H19N8O9PS. The van der Waals surface area contributed by atoms with Gasteiger partial charge < -0.3 is 28.9 Å². The summed E-state index contributed by atoms with van der Waals surface area (Å²) in [5.41, 5.74) is 0.480. The van der Waals surface area contributed by atoms with Crippen LogP contribution in [0, 0.1) is 0 Å². The number of nitrogens with one attached hydrogen (secondary N) is 1. The molecule has 1 unspecified atom stereocenters. The van der Waals surface area contributed by atoms with Crippen LogP contribution in [-0.2, 0) is 41.0 Å². The van der Waals surface area contributed by atoms with Gasteiger partial charge in [0.1, 0.15) is 55.8 Å². The van der Waals surface area contributed by atoms with Gasteiger partial charge in [0, 0.05) is 0 Å². The molecule has 4 aromatic rings. The lowest BCUT2D eigenvalue weighted by molar-refractivity contribution is -0.0605. The van der Waals surface area contributed by atoms with Crippen molar-refractivity contribution in [1.82, 2.24) is 39.0 Å². The van der Waals surface area contributed by atoms with Gasteiger partial charge in [-0.1, -0.05) is 12.2 Å². The number of imidazole rings is 2. The van der Waals surface area contributed by atoms with Crippen molar-refractivity contribution in [3.05, 3.63) is 41.4 Å². The highest BCUT2D eigenvalue weighted by atomic mass is 32.7. The van der Waals surface area contributed by atoms with E-state index in [-0.39, 0.29) is 36.7 Å². The normalized spacial score (nSPS) is 28.8. The summed E-state index contributed by atoms with van der Waals surface area (Å²) in [6, 6.07) is 0. The molecule has 2 N–H and O–H groups in total. The lowest BCUT2D eigenvalue weighted by Gasteiger charge is -2.24. The Labute approximate surface area is 216 Å². The van der Waals surface area contributed by atoms with Gasteiger partial charge >= 0.3 is 13.0 Å². The number of aliphatic hydroxyl groups is 1. The second-order valence-corrected chi connectivity index (χ2v) is 11.1. The zero-order chi connectivity index (χ0) is 26.4. The summed E-state index contributed by atoms with van der Waals surface area (Å²) >= 11 is 4.09. The topological polar surface area (TPSA) is 208 Å². The molecule has 2 bridgehead atoms. The third-order valence-electron chi connectivity index (χ3n) is 5.95. The lowest BCUT2D eigenvalue weighted by Crippen LogP contribution is -2.35. The van der Waals surface area contributed by atoms with E-state index in [0.29, 0.717) is 11.2 Å². The molecule has 38 heavy (non-hydrogen) atoms. The number of carbonyl (C=O) groups excluding carboxylic acids is 1. The Balaban J connectivity index is 1.35. The molecule has 0 saturated carbocycles. The van der Waals surface area contributed by atoms with Gasteiger partial charge in [-0.05, 0) is 0 Å². The van der Waals surface area contributed by atoms with Crippen LogP contribution in [0.25, 0.3) is 22.3 Å². The van der Waals surface area contributed by atoms with Crippen LogP contribution >= 0.6 is 19.0 Å². The molecule has 2 aliphatic heterocycles. The highest BCUT2D eigenvalue weighted by Gasteiger charge is 2.49. The van der Waals surface area contributed by atoms with Crippen molar-refractivity contribution in [2.45, 2.75) is 37.7 Å². The molecule has 0 aliphatic carbocycles. The molecule has 6 rings (SSSR count). The summed E-state index contributed by atoms with van der Waals surface area (Å²) in [6.45, 7) is -4.92. The van der Waals surface area contributed by atoms with Crippen molar-refractivity contribution in [3.63, 3.8) is 0 Å². The standard InChI is InChI=1S/C19H19N8O9PS/c28-13-10-4-33-19(30)32-2-1-26-11(25-9-3-20-6-21-15(9)26)5-34-37(31,38)36-14(13)18(35-10)27-8-24-12-16(27)22-7-23-17(12)29/h3,6-8,10,13-14,18,28H,1-2,4-5H2,(H,31,38)(H,22,23,29)/t10-,13-,14-,18-,37?/m1/s1. The minimum atomic E-state index is -4.17. The number of nitrogens with zero attached hydrogens (tertiary/aromatic N) is 7. The van der Waals surface area contributed by atoms with Gasteiger partial charge in [-0.15, -0.1) is 0 Å². The summed E-state index contributed by atoms with van der Waals surface area (Å²) in [5.74, 6) is 0.284. The number of aromatic nitrogens is 8. The predicted octanol–water partition coefficient (Wildman–Crippen LogP) is 0.324. The fraction of sp³-hybridized carbons (Fsp3) is 0.421. The molecule has 1 saturated heterocycles. The average molecular weight is 566 g/mol. The van der Waals surface area contributed by atoms with Crippen molar-refractivity contribution in [2.75, 3.05) is 13.2 Å². The Hall–Kier alpha value is -3.41. The van der Waals surface area contributed by atoms with Crippen LogP contribution in [0.4, 0.5) is 4.79 Å². The zero-order valence-corrected chi connectivity index (χ0v) is 21.0. The van der Waals surface area contributed by atoms with Gasteiger partial charge in [0.15, 0.2) is 23.0 Å². The molecule has 200 valence electrons. The predicted molar refractivity (Wildman–Crippen MR) is 127 cm³/mol.